The van der Waals surface area contributed by atoms with Gasteiger partial charge in [0.2, 0.25) is 5.91 Å². The molecule has 3 aliphatic heterocycles. The molecule has 0 saturated carbocycles. The van der Waals surface area contributed by atoms with Gasteiger partial charge in [-0.25, -0.2) is 33.5 Å². The van der Waals surface area contributed by atoms with Crippen LogP contribution in [0.4, 0.5) is 19.2 Å². The van der Waals surface area contributed by atoms with Crippen molar-refractivity contribution in [2.75, 3.05) is 45.8 Å². The zero-order chi connectivity index (χ0) is 33.1. The van der Waals surface area contributed by atoms with E-state index in [9.17, 15) is 46.8 Å². The minimum absolute atomic E-state index is 0.0671. The number of carbonyl (C=O) groups is 8. The van der Waals surface area contributed by atoms with Crippen molar-refractivity contribution in [2.24, 2.45) is 0 Å². The Hall–Kier alpha value is -5.27. The number of imide groups is 3. The van der Waals surface area contributed by atoms with Crippen LogP contribution < -0.4 is 20.1 Å². The summed E-state index contributed by atoms with van der Waals surface area (Å²) in [6.07, 6.45) is 0. The van der Waals surface area contributed by atoms with Crippen molar-refractivity contribution in [3.63, 3.8) is 0 Å². The Morgan fingerprint density at radius 2 is 1.36 bits per heavy atom. The summed E-state index contributed by atoms with van der Waals surface area (Å²) < 4.78 is 27.7. The number of hydrogen-bond acceptors (Lipinski definition) is 10. The summed E-state index contributed by atoms with van der Waals surface area (Å²) in [7, 11) is -4.84. The molecule has 0 aromatic heterocycles. The number of benzene rings is 1. The van der Waals surface area contributed by atoms with Gasteiger partial charge in [0.05, 0.1) is 6.54 Å². The van der Waals surface area contributed by atoms with Crippen LogP contribution in [0.25, 0.3) is 0 Å². The number of β-lactam (4-membered cyclic amide) rings is 1. The fraction of sp³-hybridized carbons (Fsp3) is 0.440. The molecule has 3 saturated heterocycles. The zero-order valence-corrected chi connectivity index (χ0v) is 25.0. The Bertz CT molecular complexity index is 1540. The van der Waals surface area contributed by atoms with Gasteiger partial charge in [0.1, 0.15) is 12.1 Å². The number of hydrogen-bond donors (Lipinski definition) is 4. The number of likely N-dealkylation sites (N-methyl/N-ethyl adjacent to an activating group) is 2. The average molecular weight is 650 g/mol. The fourth-order valence-corrected chi connectivity index (χ4v) is 5.45. The molecule has 0 radical (unpaired) electrons. The molecule has 3 heterocycles. The van der Waals surface area contributed by atoms with Crippen molar-refractivity contribution in [1.29, 1.82) is 0 Å². The predicted molar refractivity (Wildman–Crippen MR) is 151 cm³/mol. The Morgan fingerprint density at radius 1 is 0.778 bits per heavy atom. The molecule has 3 aliphatic rings. The van der Waals surface area contributed by atoms with Gasteiger partial charge in [-0.3, -0.25) is 29.0 Å². The van der Waals surface area contributed by atoms with Crippen LogP contribution in [0.5, 0.6) is 0 Å². The topological polar surface area (TPSA) is 235 Å². The number of likely N-dealkylation sites (tertiary alicyclic amines) is 1. The van der Waals surface area contributed by atoms with Crippen LogP contribution in [0.3, 0.4) is 0 Å². The van der Waals surface area contributed by atoms with Crippen molar-refractivity contribution in [2.45, 2.75) is 25.9 Å². The van der Waals surface area contributed by atoms with E-state index in [1.165, 1.54) is 31.4 Å². The molecule has 242 valence electrons. The van der Waals surface area contributed by atoms with Gasteiger partial charge < -0.3 is 20.4 Å². The number of nitrogens with zero attached hydrogens (tertiary/aromatic N) is 5. The SMILES string of the molecule is CCN1CCN(C(=O)NC(C(=O)N[C@H]2CN(C(=O)NS(=O)(=O)NC(=O)N3CCN(CC)C3=O)C2=O)c2ccccc2)C(=O)C1=O. The molecule has 4 N–H and O–H groups in total. The van der Waals surface area contributed by atoms with Gasteiger partial charge in [-0.2, -0.15) is 8.42 Å². The van der Waals surface area contributed by atoms with E-state index in [0.29, 0.717) is 21.2 Å². The van der Waals surface area contributed by atoms with Crippen LogP contribution >= 0.6 is 0 Å². The summed E-state index contributed by atoms with van der Waals surface area (Å²) in [5.41, 5.74) is 0.274. The van der Waals surface area contributed by atoms with Crippen molar-refractivity contribution < 1.29 is 46.8 Å². The highest BCUT2D eigenvalue weighted by molar-refractivity contribution is 7.88. The van der Waals surface area contributed by atoms with E-state index >= 15 is 0 Å². The molecule has 20 heteroatoms. The molecule has 3 fully saturated rings. The molecule has 1 unspecified atom stereocenters. The quantitative estimate of drug-likeness (QED) is 0.176. The second-order valence-corrected chi connectivity index (χ2v) is 11.4. The highest BCUT2D eigenvalue weighted by Crippen LogP contribution is 2.18. The molecule has 12 amide bonds. The largest absolute Gasteiger partial charge is 0.341 e. The van der Waals surface area contributed by atoms with Crippen molar-refractivity contribution in [3.8, 4) is 0 Å². The second-order valence-electron chi connectivity index (χ2n) is 9.98. The van der Waals surface area contributed by atoms with Gasteiger partial charge in [0.15, 0.2) is 0 Å². The molecular weight excluding hydrogens is 618 g/mol. The van der Waals surface area contributed by atoms with Crippen LogP contribution in [0.15, 0.2) is 30.3 Å². The maximum Gasteiger partial charge on any atom is 0.340 e. The second kappa shape index (κ2) is 13.2. The molecule has 0 bridgehead atoms. The standard InChI is InChI=1S/C25H31N9O10S/c1-3-30-10-12-32(21(38)20(30)37)22(39)27-17(15-8-6-5-7-9-15)18(35)26-16-14-34(19(16)36)24(41)29-45(43,44)28-23(40)33-13-11-31(4-2)25(33)42/h5-9,16-17H,3-4,10-14H2,1-2H3,(H,26,35)(H,27,39)(H,28,40)(H,29,41)/t16-,17?/m0/s1. The van der Waals surface area contributed by atoms with E-state index < -0.39 is 76.6 Å². The maximum absolute atomic E-state index is 13.2. The first-order valence-corrected chi connectivity index (χ1v) is 15.3. The van der Waals surface area contributed by atoms with Crippen molar-refractivity contribution >= 4 is 58.0 Å². The summed E-state index contributed by atoms with van der Waals surface area (Å²) in [6.45, 7) is 3.61. The first kappa shape index (κ1) is 32.6. The van der Waals surface area contributed by atoms with Crippen LogP contribution in [-0.4, -0.2) is 133 Å². The first-order chi connectivity index (χ1) is 21.3. The first-order valence-electron chi connectivity index (χ1n) is 13.8. The number of carbonyl (C=O) groups excluding carboxylic acids is 8. The third-order valence-electron chi connectivity index (χ3n) is 7.25. The number of rotatable bonds is 8. The van der Waals surface area contributed by atoms with Crippen LogP contribution in [0.1, 0.15) is 25.5 Å². The molecule has 19 nitrogen and oxygen atoms in total. The third-order valence-corrected chi connectivity index (χ3v) is 8.14. The van der Waals surface area contributed by atoms with E-state index in [1.54, 1.807) is 32.0 Å². The van der Waals surface area contributed by atoms with E-state index in [2.05, 4.69) is 10.6 Å². The van der Waals surface area contributed by atoms with Crippen molar-refractivity contribution in [1.82, 2.24) is 44.6 Å². The number of amides is 12. The molecule has 0 spiro atoms. The van der Waals surface area contributed by atoms with Gasteiger partial charge in [0, 0.05) is 39.3 Å². The number of piperazine rings is 1. The van der Waals surface area contributed by atoms with E-state index in [4.69, 9.17) is 0 Å². The molecule has 45 heavy (non-hydrogen) atoms. The summed E-state index contributed by atoms with van der Waals surface area (Å²) in [5.74, 6) is -3.82. The lowest BCUT2D eigenvalue weighted by atomic mass is 10.0. The average Bonchev–Trinajstić information content (AvgIpc) is 3.38. The van der Waals surface area contributed by atoms with Gasteiger partial charge in [0.25, 0.3) is 5.91 Å². The summed E-state index contributed by atoms with van der Waals surface area (Å²) in [5, 5.41) is 4.77. The van der Waals surface area contributed by atoms with Gasteiger partial charge in [-0.05, 0) is 19.4 Å². The number of urea groups is 4. The molecule has 1 aromatic rings. The normalized spacial score (nSPS) is 19.2. The lowest BCUT2D eigenvalue weighted by Gasteiger charge is -2.37. The number of nitrogens with one attached hydrogen (secondary N) is 4. The highest BCUT2D eigenvalue weighted by Gasteiger charge is 2.45. The molecule has 2 atom stereocenters. The van der Waals surface area contributed by atoms with E-state index in [-0.39, 0.29) is 38.3 Å². The Morgan fingerprint density at radius 3 is 1.93 bits per heavy atom. The molecule has 0 aliphatic carbocycles. The van der Waals surface area contributed by atoms with Gasteiger partial charge in [-0.15, -0.1) is 0 Å². The summed E-state index contributed by atoms with van der Waals surface area (Å²) >= 11 is 0. The Kier molecular flexibility index (Phi) is 9.54. The van der Waals surface area contributed by atoms with Crippen molar-refractivity contribution in [3.05, 3.63) is 35.9 Å². The van der Waals surface area contributed by atoms with E-state index in [1.807, 2.05) is 0 Å². The minimum Gasteiger partial charge on any atom is -0.341 e. The summed E-state index contributed by atoms with van der Waals surface area (Å²) in [6, 6.07) is 0.670. The smallest absolute Gasteiger partial charge is 0.340 e. The Balaban J connectivity index is 1.35. The van der Waals surface area contributed by atoms with Crippen LogP contribution in [0, 0.1) is 0 Å². The Labute approximate surface area is 257 Å². The lowest BCUT2D eigenvalue weighted by Crippen LogP contribution is -2.68. The summed E-state index contributed by atoms with van der Waals surface area (Å²) in [4.78, 5) is 105. The van der Waals surface area contributed by atoms with E-state index in [0.717, 1.165) is 0 Å². The minimum atomic E-state index is -4.84. The fourth-order valence-electron chi connectivity index (χ4n) is 4.72. The zero-order valence-electron chi connectivity index (χ0n) is 24.2. The van der Waals surface area contributed by atoms with Crippen LogP contribution in [-0.2, 0) is 29.4 Å². The van der Waals surface area contributed by atoms with Gasteiger partial charge >= 0.3 is 46.1 Å². The molecular formula is C25H31N9O10S. The lowest BCUT2D eigenvalue weighted by molar-refractivity contribution is -0.153. The highest BCUT2D eigenvalue weighted by atomic mass is 32.2. The monoisotopic (exact) mass is 649 g/mol. The van der Waals surface area contributed by atoms with Gasteiger partial charge in [-0.1, -0.05) is 30.3 Å². The third kappa shape index (κ3) is 6.95. The maximum atomic E-state index is 13.2. The van der Waals surface area contributed by atoms with Crippen LogP contribution in [0.2, 0.25) is 0 Å². The molecule has 1 aromatic carbocycles. The predicted octanol–water partition coefficient (Wildman–Crippen LogP) is -2.12. The molecule has 4 rings (SSSR count).